The second-order valence-corrected chi connectivity index (χ2v) is 8.26. The van der Waals surface area contributed by atoms with Crippen molar-refractivity contribution in [2.75, 3.05) is 10.3 Å². The normalized spacial score (nSPS) is 24.2. The molecular weight excluding hydrogens is 409 g/mol. The first kappa shape index (κ1) is 22.2. The van der Waals surface area contributed by atoms with Crippen LogP contribution in [0.4, 0.5) is 15.8 Å². The minimum absolute atomic E-state index is 0.0106. The minimum Gasteiger partial charge on any atom is -0.391 e. The molecule has 2 aliphatic rings. The van der Waals surface area contributed by atoms with Gasteiger partial charge in [-0.2, -0.15) is 0 Å². The van der Waals surface area contributed by atoms with Gasteiger partial charge < -0.3 is 10.5 Å². The molecular formula is C25H28FN3O3. The average molecular weight is 438 g/mol. The monoisotopic (exact) mass is 437 g/mol. The maximum atomic E-state index is 14.5. The molecule has 2 amide bonds. The molecule has 0 bridgehead atoms. The highest BCUT2D eigenvalue weighted by atomic mass is 19.1. The van der Waals surface area contributed by atoms with Crippen LogP contribution in [0.3, 0.4) is 0 Å². The van der Waals surface area contributed by atoms with Crippen LogP contribution in [0, 0.1) is 17.7 Å². The molecule has 2 heterocycles. The molecule has 0 radical (unpaired) electrons. The highest BCUT2D eigenvalue weighted by Crippen LogP contribution is 2.37. The summed E-state index contributed by atoms with van der Waals surface area (Å²) in [6, 6.07) is 13.4. The van der Waals surface area contributed by atoms with Gasteiger partial charge >= 0.3 is 0 Å². The van der Waals surface area contributed by atoms with Crippen LogP contribution in [0.5, 0.6) is 0 Å². The van der Waals surface area contributed by atoms with Gasteiger partial charge in [-0.25, -0.2) is 14.3 Å². The molecule has 0 aliphatic carbocycles. The van der Waals surface area contributed by atoms with Gasteiger partial charge in [0.15, 0.2) is 0 Å². The number of imide groups is 1. The highest BCUT2D eigenvalue weighted by Gasteiger charge is 2.54. The third-order valence-corrected chi connectivity index (χ3v) is 6.48. The van der Waals surface area contributed by atoms with Crippen LogP contribution >= 0.6 is 0 Å². The number of carbonyl (C=O) groups excluding carboxylic acids is 2. The quantitative estimate of drug-likeness (QED) is 0.510. The Kier molecular flexibility index (Phi) is 6.39. The van der Waals surface area contributed by atoms with Crippen LogP contribution < -0.4 is 10.3 Å². The summed E-state index contributed by atoms with van der Waals surface area (Å²) in [4.78, 5) is 27.9. The number of rotatable bonds is 7. The molecule has 4 atom stereocenters. The number of nitrogens with one attached hydrogen (secondary N) is 1. The molecule has 1 saturated heterocycles. The van der Waals surface area contributed by atoms with Crippen molar-refractivity contribution in [1.29, 1.82) is 0 Å². The number of aliphatic hydroxyl groups is 1. The second kappa shape index (κ2) is 9.22. The van der Waals surface area contributed by atoms with E-state index in [1.807, 2.05) is 19.9 Å². The predicted octanol–water partition coefficient (Wildman–Crippen LogP) is 3.75. The lowest BCUT2D eigenvalue weighted by molar-refractivity contribution is -0.123. The van der Waals surface area contributed by atoms with E-state index in [4.69, 9.17) is 0 Å². The van der Waals surface area contributed by atoms with Gasteiger partial charge in [-0.15, -0.1) is 0 Å². The molecule has 0 aromatic heterocycles. The Hall–Kier alpha value is -3.03. The number of anilines is 2. The molecule has 4 unspecified atom stereocenters. The van der Waals surface area contributed by atoms with Crippen LogP contribution in [0.25, 0.3) is 0 Å². The van der Waals surface area contributed by atoms with E-state index in [0.29, 0.717) is 5.69 Å². The molecule has 0 spiro atoms. The molecule has 7 heteroatoms. The van der Waals surface area contributed by atoms with E-state index >= 15 is 0 Å². The molecule has 168 valence electrons. The molecule has 32 heavy (non-hydrogen) atoms. The van der Waals surface area contributed by atoms with Crippen LogP contribution in [-0.2, 0) is 9.59 Å². The van der Waals surface area contributed by atoms with Crippen molar-refractivity contribution in [3.8, 4) is 0 Å². The Morgan fingerprint density at radius 1 is 0.969 bits per heavy atom. The Balaban J connectivity index is 1.75. The number of para-hydroxylation sites is 2. The number of nitrogens with zero attached hydrogens (tertiary/aromatic N) is 2. The van der Waals surface area contributed by atoms with E-state index in [-0.39, 0.29) is 17.5 Å². The second-order valence-electron chi connectivity index (χ2n) is 8.26. The fourth-order valence-electron chi connectivity index (χ4n) is 4.67. The molecule has 2 N–H and O–H groups in total. The Labute approximate surface area is 187 Å². The van der Waals surface area contributed by atoms with Crippen molar-refractivity contribution in [2.24, 2.45) is 11.8 Å². The van der Waals surface area contributed by atoms with Gasteiger partial charge in [0.25, 0.3) is 5.91 Å². The Morgan fingerprint density at radius 2 is 1.62 bits per heavy atom. The number of amides is 2. The van der Waals surface area contributed by atoms with E-state index in [1.165, 1.54) is 11.0 Å². The van der Waals surface area contributed by atoms with Crippen molar-refractivity contribution in [1.82, 2.24) is 5.01 Å². The zero-order valence-electron chi connectivity index (χ0n) is 18.2. The first-order valence-electron chi connectivity index (χ1n) is 11.1. The third kappa shape index (κ3) is 3.82. The summed E-state index contributed by atoms with van der Waals surface area (Å²) in [5, 5.41) is 12.7. The maximum absolute atomic E-state index is 14.5. The van der Waals surface area contributed by atoms with Gasteiger partial charge in [0.05, 0.1) is 29.4 Å². The predicted molar refractivity (Wildman–Crippen MR) is 121 cm³/mol. The van der Waals surface area contributed by atoms with Crippen molar-refractivity contribution in [3.05, 3.63) is 72.6 Å². The molecule has 2 aromatic carbocycles. The molecule has 6 nitrogen and oxygen atoms in total. The summed E-state index contributed by atoms with van der Waals surface area (Å²) < 4.78 is 14.5. The summed E-state index contributed by atoms with van der Waals surface area (Å²) in [6.45, 7) is 4.01. The smallest absolute Gasteiger partial charge is 0.254 e. The molecule has 2 aliphatic heterocycles. The fraction of sp³-hybridized carbons (Fsp3) is 0.360. The molecule has 4 rings (SSSR count). The summed E-state index contributed by atoms with van der Waals surface area (Å²) in [5.74, 6) is -1.96. The van der Waals surface area contributed by atoms with Crippen molar-refractivity contribution in [3.63, 3.8) is 0 Å². The topological polar surface area (TPSA) is 72.9 Å². The van der Waals surface area contributed by atoms with Crippen LogP contribution in [-0.4, -0.2) is 40.1 Å². The molecule has 1 fully saturated rings. The maximum Gasteiger partial charge on any atom is 0.254 e. The standard InChI is InChI=1S/C25H28FN3O3/c1-3-16(4-2)23(30)21-15-14-18-22(29(21)27-20-13-9-8-12-19(20)26)25(32)28(24(18)31)17-10-6-5-7-11-17/h5-16,18,21-23,27,30H,3-4H2,1-2H3. The van der Waals surface area contributed by atoms with E-state index in [9.17, 15) is 19.1 Å². The lowest BCUT2D eigenvalue weighted by Crippen LogP contribution is -2.58. The van der Waals surface area contributed by atoms with E-state index < -0.39 is 35.8 Å². The van der Waals surface area contributed by atoms with Gasteiger partial charge in [0, 0.05) is 0 Å². The van der Waals surface area contributed by atoms with Gasteiger partial charge in [0.2, 0.25) is 5.91 Å². The summed E-state index contributed by atoms with van der Waals surface area (Å²) >= 11 is 0. The zero-order valence-corrected chi connectivity index (χ0v) is 18.2. The summed E-state index contributed by atoms with van der Waals surface area (Å²) in [6.07, 6.45) is 4.19. The number of hydrogen-bond acceptors (Lipinski definition) is 5. The number of halogens is 1. The lowest BCUT2D eigenvalue weighted by Gasteiger charge is -2.42. The van der Waals surface area contributed by atoms with Crippen molar-refractivity contribution < 1.29 is 19.1 Å². The van der Waals surface area contributed by atoms with Crippen LogP contribution in [0.2, 0.25) is 0 Å². The number of aliphatic hydroxyl groups excluding tert-OH is 1. The number of fused-ring (bicyclic) bond motifs is 1. The largest absolute Gasteiger partial charge is 0.391 e. The van der Waals surface area contributed by atoms with E-state index in [2.05, 4.69) is 5.43 Å². The highest BCUT2D eigenvalue weighted by molar-refractivity contribution is 6.24. The Morgan fingerprint density at radius 3 is 2.28 bits per heavy atom. The SMILES string of the molecule is CCC(CC)C(O)C1C=CC2C(=O)N(c3ccccc3)C(=O)C2N1Nc1ccccc1F. The summed E-state index contributed by atoms with van der Waals surface area (Å²) in [7, 11) is 0. The van der Waals surface area contributed by atoms with Crippen LogP contribution in [0.15, 0.2) is 66.7 Å². The number of hydrazine groups is 1. The number of hydrogen-bond donors (Lipinski definition) is 2. The Bertz CT molecular complexity index is 1010. The van der Waals surface area contributed by atoms with E-state index in [0.717, 1.165) is 12.8 Å². The van der Waals surface area contributed by atoms with Gasteiger partial charge in [-0.3, -0.25) is 9.59 Å². The number of benzene rings is 2. The van der Waals surface area contributed by atoms with Gasteiger partial charge in [-0.1, -0.05) is 69.2 Å². The first-order chi connectivity index (χ1) is 15.5. The van der Waals surface area contributed by atoms with Gasteiger partial charge in [-0.05, 0) is 30.2 Å². The molecule has 0 saturated carbocycles. The third-order valence-electron chi connectivity index (χ3n) is 6.48. The zero-order chi connectivity index (χ0) is 22.8. The van der Waals surface area contributed by atoms with Crippen molar-refractivity contribution >= 4 is 23.2 Å². The van der Waals surface area contributed by atoms with E-state index in [1.54, 1.807) is 59.6 Å². The molecule has 2 aromatic rings. The minimum atomic E-state index is -0.902. The average Bonchev–Trinajstić information content (AvgIpc) is 3.07. The van der Waals surface area contributed by atoms with Crippen LogP contribution in [0.1, 0.15) is 26.7 Å². The first-order valence-corrected chi connectivity index (χ1v) is 11.1. The van der Waals surface area contributed by atoms with Crippen molar-refractivity contribution in [2.45, 2.75) is 44.9 Å². The fourth-order valence-corrected chi connectivity index (χ4v) is 4.67. The van der Waals surface area contributed by atoms with Gasteiger partial charge in [0.1, 0.15) is 11.9 Å². The summed E-state index contributed by atoms with van der Waals surface area (Å²) in [5.41, 5.74) is 3.70. The number of carbonyl (C=O) groups is 2. The lowest BCUT2D eigenvalue weighted by atomic mass is 9.86.